The van der Waals surface area contributed by atoms with Crippen molar-refractivity contribution in [1.82, 2.24) is 14.3 Å². The van der Waals surface area contributed by atoms with Crippen LogP contribution in [0.4, 0.5) is 20.0 Å². The Morgan fingerprint density at radius 2 is 1.90 bits per heavy atom. The third-order valence-electron chi connectivity index (χ3n) is 4.85. The summed E-state index contributed by atoms with van der Waals surface area (Å²) in [7, 11) is 0. The second-order valence-electron chi connectivity index (χ2n) is 7.07. The fourth-order valence-corrected chi connectivity index (χ4v) is 3.94. The second-order valence-corrected chi connectivity index (χ2v) is 7.80. The molecule has 1 saturated heterocycles. The van der Waals surface area contributed by atoms with Gasteiger partial charge in [0, 0.05) is 49.8 Å². The number of hydrogen-bond donors (Lipinski definition) is 1. The summed E-state index contributed by atoms with van der Waals surface area (Å²) < 4.78 is 17.8. The highest BCUT2D eigenvalue weighted by atomic mass is 32.1. The van der Waals surface area contributed by atoms with Crippen LogP contribution in [-0.4, -0.2) is 46.5 Å². The number of piperazine rings is 1. The van der Waals surface area contributed by atoms with E-state index in [1.165, 1.54) is 34.8 Å². The Labute approximate surface area is 173 Å². The Kier molecular flexibility index (Phi) is 5.71. The van der Waals surface area contributed by atoms with Crippen LogP contribution in [0.3, 0.4) is 0 Å². The van der Waals surface area contributed by atoms with Crippen molar-refractivity contribution in [3.8, 4) is 0 Å². The fourth-order valence-electron chi connectivity index (χ4n) is 3.20. The van der Waals surface area contributed by atoms with E-state index in [9.17, 15) is 9.18 Å². The normalized spacial score (nSPS) is 14.1. The van der Waals surface area contributed by atoms with Gasteiger partial charge in [-0.1, -0.05) is 35.9 Å². The summed E-state index contributed by atoms with van der Waals surface area (Å²) in [5, 5.41) is 3.63. The monoisotopic (exact) mass is 411 g/mol. The Hall–Kier alpha value is -3.00. The van der Waals surface area contributed by atoms with Crippen molar-refractivity contribution < 1.29 is 9.18 Å². The topological polar surface area (TPSA) is 61.4 Å². The first-order valence-corrected chi connectivity index (χ1v) is 10.3. The molecule has 0 unspecified atom stereocenters. The van der Waals surface area contributed by atoms with Gasteiger partial charge in [-0.2, -0.15) is 4.37 Å². The Bertz CT molecular complexity index is 983. The molecule has 8 heteroatoms. The molecule has 1 aliphatic heterocycles. The molecule has 0 atom stereocenters. The van der Waals surface area contributed by atoms with E-state index in [1.54, 1.807) is 17.0 Å². The predicted octanol–water partition coefficient (Wildman–Crippen LogP) is 3.93. The van der Waals surface area contributed by atoms with Crippen molar-refractivity contribution >= 4 is 28.4 Å². The van der Waals surface area contributed by atoms with Gasteiger partial charge in [0.05, 0.1) is 0 Å². The lowest BCUT2D eigenvalue weighted by molar-refractivity contribution is 0.208. The largest absolute Gasteiger partial charge is 0.343 e. The minimum atomic E-state index is -0.370. The number of anilines is 2. The van der Waals surface area contributed by atoms with E-state index in [0.29, 0.717) is 38.3 Å². The molecule has 1 fully saturated rings. The summed E-state index contributed by atoms with van der Waals surface area (Å²) >= 11 is 1.40. The van der Waals surface area contributed by atoms with Crippen LogP contribution in [0.1, 0.15) is 17.0 Å². The number of benzene rings is 2. The van der Waals surface area contributed by atoms with Crippen LogP contribution < -0.4 is 10.2 Å². The number of carbonyl (C=O) groups excluding carboxylic acids is 1. The van der Waals surface area contributed by atoms with E-state index in [2.05, 4.69) is 50.8 Å². The molecule has 0 aliphatic carbocycles. The van der Waals surface area contributed by atoms with E-state index in [0.717, 1.165) is 11.0 Å². The minimum absolute atomic E-state index is 0.215. The van der Waals surface area contributed by atoms with Crippen molar-refractivity contribution in [3.05, 3.63) is 71.3 Å². The summed E-state index contributed by atoms with van der Waals surface area (Å²) in [5.74, 6) is 0.450. The molecule has 3 aromatic rings. The number of amides is 2. The molecule has 2 amide bonds. The fraction of sp³-hybridized carbons (Fsp3) is 0.286. The molecule has 29 heavy (non-hydrogen) atoms. The van der Waals surface area contributed by atoms with Crippen molar-refractivity contribution in [1.29, 1.82) is 0 Å². The second kappa shape index (κ2) is 8.57. The highest BCUT2D eigenvalue weighted by molar-refractivity contribution is 7.09. The molecule has 2 heterocycles. The summed E-state index contributed by atoms with van der Waals surface area (Å²) in [6, 6.07) is 14.1. The molecule has 2 aromatic carbocycles. The SMILES string of the molecule is Cc1ccc(Cc2nsc(N3CCN(C(=O)Nc4cccc(F)c4)CC3)n2)cc1. The summed E-state index contributed by atoms with van der Waals surface area (Å²) in [4.78, 5) is 21.0. The van der Waals surface area contributed by atoms with E-state index in [4.69, 9.17) is 0 Å². The first kappa shape index (κ1) is 19.3. The number of carbonyl (C=O) groups is 1. The molecule has 1 aliphatic rings. The van der Waals surface area contributed by atoms with E-state index in [1.807, 2.05) is 0 Å². The number of hydrogen-bond acceptors (Lipinski definition) is 5. The molecule has 0 saturated carbocycles. The van der Waals surface area contributed by atoms with Crippen LogP contribution in [0, 0.1) is 12.7 Å². The molecule has 6 nitrogen and oxygen atoms in total. The van der Waals surface area contributed by atoms with Crippen molar-refractivity contribution in [2.75, 3.05) is 36.4 Å². The van der Waals surface area contributed by atoms with Crippen LogP contribution in [0.15, 0.2) is 48.5 Å². The van der Waals surface area contributed by atoms with Crippen molar-refractivity contribution in [2.24, 2.45) is 0 Å². The average Bonchev–Trinajstić information content (AvgIpc) is 3.18. The molecule has 150 valence electrons. The van der Waals surface area contributed by atoms with Gasteiger partial charge < -0.3 is 15.1 Å². The zero-order chi connectivity index (χ0) is 20.2. The first-order valence-electron chi connectivity index (χ1n) is 9.51. The highest BCUT2D eigenvalue weighted by Gasteiger charge is 2.23. The molecule has 4 rings (SSSR count). The minimum Gasteiger partial charge on any atom is -0.343 e. The zero-order valence-corrected chi connectivity index (χ0v) is 17.0. The lowest BCUT2D eigenvalue weighted by atomic mass is 10.1. The van der Waals surface area contributed by atoms with Crippen LogP contribution in [0.25, 0.3) is 0 Å². The van der Waals surface area contributed by atoms with Gasteiger partial charge in [0.1, 0.15) is 11.6 Å². The van der Waals surface area contributed by atoms with Gasteiger partial charge >= 0.3 is 6.03 Å². The third kappa shape index (κ3) is 4.89. The summed E-state index contributed by atoms with van der Waals surface area (Å²) in [6.45, 7) is 4.61. The summed E-state index contributed by atoms with van der Waals surface area (Å²) in [5.41, 5.74) is 2.89. The number of aromatic nitrogens is 2. The van der Waals surface area contributed by atoms with Gasteiger partial charge in [0.2, 0.25) is 5.13 Å². The van der Waals surface area contributed by atoms with Gasteiger partial charge in [-0.05, 0) is 30.7 Å². The highest BCUT2D eigenvalue weighted by Crippen LogP contribution is 2.21. The number of nitrogens with zero attached hydrogens (tertiary/aromatic N) is 4. The van der Waals surface area contributed by atoms with Gasteiger partial charge in [0.15, 0.2) is 0 Å². The molecule has 0 spiro atoms. The lowest BCUT2D eigenvalue weighted by Crippen LogP contribution is -2.50. The Morgan fingerprint density at radius 3 is 2.62 bits per heavy atom. The Balaban J connectivity index is 1.31. The maximum atomic E-state index is 13.3. The van der Waals surface area contributed by atoms with Crippen molar-refractivity contribution in [2.45, 2.75) is 13.3 Å². The van der Waals surface area contributed by atoms with Gasteiger partial charge in [-0.3, -0.25) is 0 Å². The molecule has 0 radical (unpaired) electrons. The predicted molar refractivity (Wildman–Crippen MR) is 113 cm³/mol. The molecule has 1 N–H and O–H groups in total. The zero-order valence-electron chi connectivity index (χ0n) is 16.1. The van der Waals surface area contributed by atoms with E-state index >= 15 is 0 Å². The van der Waals surface area contributed by atoms with Crippen LogP contribution in [-0.2, 0) is 6.42 Å². The maximum absolute atomic E-state index is 13.3. The average molecular weight is 412 g/mol. The number of halogens is 1. The maximum Gasteiger partial charge on any atom is 0.321 e. The van der Waals surface area contributed by atoms with Crippen LogP contribution in [0.5, 0.6) is 0 Å². The smallest absolute Gasteiger partial charge is 0.321 e. The Morgan fingerprint density at radius 1 is 1.14 bits per heavy atom. The van der Waals surface area contributed by atoms with Crippen molar-refractivity contribution in [3.63, 3.8) is 0 Å². The van der Waals surface area contributed by atoms with Crippen LogP contribution in [0.2, 0.25) is 0 Å². The number of urea groups is 1. The van der Waals surface area contributed by atoms with E-state index in [-0.39, 0.29) is 11.8 Å². The number of nitrogens with one attached hydrogen (secondary N) is 1. The van der Waals surface area contributed by atoms with Gasteiger partial charge in [0.25, 0.3) is 0 Å². The van der Waals surface area contributed by atoms with Crippen LogP contribution >= 0.6 is 11.5 Å². The summed E-state index contributed by atoms with van der Waals surface area (Å²) in [6.07, 6.45) is 0.715. The first-order chi connectivity index (χ1) is 14.1. The standard InChI is InChI=1S/C21H22FN5OS/c1-15-5-7-16(8-6-15)13-19-24-21(29-25-19)27-11-9-26(10-12-27)20(28)23-18-4-2-3-17(22)14-18/h2-8,14H,9-13H2,1H3,(H,23,28). The molecular formula is C21H22FN5OS. The molecule has 0 bridgehead atoms. The third-order valence-corrected chi connectivity index (χ3v) is 5.67. The van der Waals surface area contributed by atoms with E-state index < -0.39 is 0 Å². The molecular weight excluding hydrogens is 389 g/mol. The number of aryl methyl sites for hydroxylation is 1. The molecule has 1 aromatic heterocycles. The quantitative estimate of drug-likeness (QED) is 0.707. The lowest BCUT2D eigenvalue weighted by Gasteiger charge is -2.34. The number of rotatable bonds is 4. The van der Waals surface area contributed by atoms with Gasteiger partial charge in [-0.15, -0.1) is 0 Å². The van der Waals surface area contributed by atoms with Gasteiger partial charge in [-0.25, -0.2) is 14.2 Å².